The molecule has 0 spiro atoms. The molecule has 0 saturated carbocycles. The van der Waals surface area contributed by atoms with Gasteiger partial charge in [0.15, 0.2) is 0 Å². The van der Waals surface area contributed by atoms with Crippen LogP contribution in [0.1, 0.15) is 12.5 Å². The average molecular weight is 303 g/mol. The van der Waals surface area contributed by atoms with Crippen LogP contribution in [0.15, 0.2) is 42.5 Å². The van der Waals surface area contributed by atoms with Gasteiger partial charge in [0.25, 0.3) is 0 Å². The second kappa shape index (κ2) is 5.39. The van der Waals surface area contributed by atoms with E-state index >= 15 is 0 Å². The van der Waals surface area contributed by atoms with E-state index in [0.29, 0.717) is 5.15 Å². The van der Waals surface area contributed by atoms with E-state index in [1.807, 2.05) is 25.1 Å². The van der Waals surface area contributed by atoms with Crippen LogP contribution < -0.4 is 0 Å². The summed E-state index contributed by atoms with van der Waals surface area (Å²) in [6, 6.07) is 14.4. The Bertz CT molecular complexity index is 785. The summed E-state index contributed by atoms with van der Waals surface area (Å²) in [5, 5.41) is 2.96. The second-order valence-electron chi connectivity index (χ2n) is 4.53. The Kier molecular flexibility index (Phi) is 3.60. The van der Waals surface area contributed by atoms with Crippen molar-refractivity contribution in [1.82, 2.24) is 9.97 Å². The van der Waals surface area contributed by atoms with E-state index in [4.69, 9.17) is 23.2 Å². The predicted molar refractivity (Wildman–Crippen MR) is 84.4 cm³/mol. The van der Waals surface area contributed by atoms with Crippen molar-refractivity contribution in [2.24, 2.45) is 0 Å². The van der Waals surface area contributed by atoms with Crippen LogP contribution >= 0.6 is 23.2 Å². The molecule has 1 aromatic heterocycles. The minimum absolute atomic E-state index is 0.176. The molecule has 3 rings (SSSR count). The molecule has 3 aromatic rings. The highest BCUT2D eigenvalue weighted by molar-refractivity contribution is 6.32. The van der Waals surface area contributed by atoms with Crippen LogP contribution in [0, 0.1) is 0 Å². The molecule has 0 fully saturated rings. The summed E-state index contributed by atoms with van der Waals surface area (Å²) >= 11 is 12.1. The lowest BCUT2D eigenvalue weighted by Gasteiger charge is -2.10. The molecule has 20 heavy (non-hydrogen) atoms. The van der Waals surface area contributed by atoms with Crippen LogP contribution in [0.2, 0.25) is 10.4 Å². The fourth-order valence-corrected chi connectivity index (χ4v) is 2.84. The van der Waals surface area contributed by atoms with Crippen molar-refractivity contribution in [2.45, 2.75) is 13.3 Å². The third-order valence-corrected chi connectivity index (χ3v) is 3.79. The number of rotatable bonds is 2. The van der Waals surface area contributed by atoms with Crippen LogP contribution in [0.4, 0.5) is 0 Å². The lowest BCUT2D eigenvalue weighted by molar-refractivity contribution is 1.05. The first kappa shape index (κ1) is 13.3. The molecule has 0 bridgehead atoms. The summed E-state index contributed by atoms with van der Waals surface area (Å²) in [7, 11) is 0. The van der Waals surface area contributed by atoms with Gasteiger partial charge in [-0.3, -0.25) is 0 Å². The predicted octanol–water partition coefficient (Wildman–Crippen LogP) is 5.17. The van der Waals surface area contributed by atoms with Gasteiger partial charge in [0.05, 0.1) is 5.69 Å². The van der Waals surface area contributed by atoms with Gasteiger partial charge in [0.2, 0.25) is 5.28 Å². The molecule has 4 heteroatoms. The van der Waals surface area contributed by atoms with Gasteiger partial charge in [-0.05, 0) is 34.9 Å². The third kappa shape index (κ3) is 2.37. The Morgan fingerprint density at radius 2 is 1.70 bits per heavy atom. The summed E-state index contributed by atoms with van der Waals surface area (Å²) in [6.45, 7) is 2.03. The Balaban J connectivity index is 2.24. The van der Waals surface area contributed by atoms with Gasteiger partial charge in [-0.25, -0.2) is 9.97 Å². The molecule has 100 valence electrons. The Morgan fingerprint density at radius 3 is 2.45 bits per heavy atom. The summed E-state index contributed by atoms with van der Waals surface area (Å²) in [6.07, 6.45) is 0.762. The number of benzene rings is 2. The average Bonchev–Trinajstić information content (AvgIpc) is 2.46. The van der Waals surface area contributed by atoms with E-state index in [0.717, 1.165) is 28.6 Å². The Morgan fingerprint density at radius 1 is 0.950 bits per heavy atom. The summed E-state index contributed by atoms with van der Waals surface area (Å²) < 4.78 is 0. The molecule has 0 atom stereocenters. The number of halogens is 2. The van der Waals surface area contributed by atoms with Gasteiger partial charge in [-0.2, -0.15) is 0 Å². The van der Waals surface area contributed by atoms with Gasteiger partial charge in [0, 0.05) is 11.1 Å². The van der Waals surface area contributed by atoms with E-state index in [9.17, 15) is 0 Å². The maximum atomic E-state index is 6.17. The number of fused-ring (bicyclic) bond motifs is 1. The lowest BCUT2D eigenvalue weighted by atomic mass is 10.0. The van der Waals surface area contributed by atoms with E-state index in [1.54, 1.807) is 0 Å². The molecule has 2 nitrogen and oxygen atoms in total. The SMILES string of the molecule is CCc1c(Cl)nc(Cl)nc1-c1ccc2ccccc2c1. The van der Waals surface area contributed by atoms with Gasteiger partial charge in [0.1, 0.15) is 5.15 Å². The zero-order chi connectivity index (χ0) is 14.1. The highest BCUT2D eigenvalue weighted by Crippen LogP contribution is 2.30. The summed E-state index contributed by atoms with van der Waals surface area (Å²) in [4.78, 5) is 8.36. The van der Waals surface area contributed by atoms with Crippen molar-refractivity contribution in [3.63, 3.8) is 0 Å². The summed E-state index contributed by atoms with van der Waals surface area (Å²) in [5.41, 5.74) is 2.74. The zero-order valence-electron chi connectivity index (χ0n) is 10.9. The highest BCUT2D eigenvalue weighted by atomic mass is 35.5. The van der Waals surface area contributed by atoms with Crippen molar-refractivity contribution in [1.29, 1.82) is 0 Å². The van der Waals surface area contributed by atoms with Crippen molar-refractivity contribution in [3.8, 4) is 11.3 Å². The molecule has 0 radical (unpaired) electrons. The number of hydrogen-bond donors (Lipinski definition) is 0. The van der Waals surface area contributed by atoms with Crippen LogP contribution in [-0.4, -0.2) is 9.97 Å². The maximum absolute atomic E-state index is 6.17. The van der Waals surface area contributed by atoms with E-state index < -0.39 is 0 Å². The van der Waals surface area contributed by atoms with Crippen molar-refractivity contribution >= 4 is 34.0 Å². The normalized spacial score (nSPS) is 10.9. The van der Waals surface area contributed by atoms with Crippen LogP contribution in [0.25, 0.3) is 22.0 Å². The first-order valence-electron chi connectivity index (χ1n) is 6.40. The van der Waals surface area contributed by atoms with E-state index in [2.05, 4.69) is 34.2 Å². The highest BCUT2D eigenvalue weighted by Gasteiger charge is 2.13. The molecule has 0 N–H and O–H groups in total. The second-order valence-corrected chi connectivity index (χ2v) is 5.22. The van der Waals surface area contributed by atoms with Crippen molar-refractivity contribution < 1.29 is 0 Å². The van der Waals surface area contributed by atoms with Gasteiger partial charge >= 0.3 is 0 Å². The minimum atomic E-state index is 0.176. The van der Waals surface area contributed by atoms with Crippen LogP contribution in [0.5, 0.6) is 0 Å². The van der Waals surface area contributed by atoms with Gasteiger partial charge in [-0.15, -0.1) is 0 Å². The zero-order valence-corrected chi connectivity index (χ0v) is 12.4. The molecular weight excluding hydrogens is 291 g/mol. The Labute approximate surface area is 127 Å². The molecule has 0 amide bonds. The van der Waals surface area contributed by atoms with Crippen molar-refractivity contribution in [3.05, 3.63) is 58.5 Å². The molecule has 0 aliphatic rings. The first-order chi connectivity index (χ1) is 9.69. The fourth-order valence-electron chi connectivity index (χ4n) is 2.32. The number of aromatic nitrogens is 2. The maximum Gasteiger partial charge on any atom is 0.224 e. The standard InChI is InChI=1S/C16H12Cl2N2/c1-2-13-14(19-16(18)20-15(13)17)12-8-7-10-5-3-4-6-11(10)9-12/h3-9H,2H2,1H3. The molecule has 0 saturated heterocycles. The largest absolute Gasteiger partial charge is 0.224 e. The van der Waals surface area contributed by atoms with Gasteiger partial charge in [-0.1, -0.05) is 54.9 Å². The van der Waals surface area contributed by atoms with E-state index in [1.165, 1.54) is 5.39 Å². The molecule has 0 aliphatic carbocycles. The minimum Gasteiger partial charge on any atom is -0.218 e. The number of hydrogen-bond acceptors (Lipinski definition) is 2. The monoisotopic (exact) mass is 302 g/mol. The molecule has 0 unspecified atom stereocenters. The van der Waals surface area contributed by atoms with E-state index in [-0.39, 0.29) is 5.28 Å². The molecular formula is C16H12Cl2N2. The molecule has 1 heterocycles. The lowest BCUT2D eigenvalue weighted by Crippen LogP contribution is -1.97. The van der Waals surface area contributed by atoms with Gasteiger partial charge < -0.3 is 0 Å². The molecule has 0 aliphatic heterocycles. The van der Waals surface area contributed by atoms with Crippen molar-refractivity contribution in [2.75, 3.05) is 0 Å². The van der Waals surface area contributed by atoms with Crippen LogP contribution in [0.3, 0.4) is 0 Å². The Hall–Kier alpha value is -1.64. The molecule has 2 aromatic carbocycles. The first-order valence-corrected chi connectivity index (χ1v) is 7.15. The quantitative estimate of drug-likeness (QED) is 0.482. The summed E-state index contributed by atoms with van der Waals surface area (Å²) in [5.74, 6) is 0. The smallest absolute Gasteiger partial charge is 0.218 e. The number of nitrogens with zero attached hydrogens (tertiary/aromatic N) is 2. The van der Waals surface area contributed by atoms with Crippen LogP contribution in [-0.2, 0) is 6.42 Å². The third-order valence-electron chi connectivity index (χ3n) is 3.31. The fraction of sp³-hybridized carbons (Fsp3) is 0.125. The topological polar surface area (TPSA) is 25.8 Å².